The summed E-state index contributed by atoms with van der Waals surface area (Å²) in [5.74, 6) is 0.0789. The van der Waals surface area contributed by atoms with Gasteiger partial charge in [-0.25, -0.2) is 8.42 Å². The second-order valence-electron chi connectivity index (χ2n) is 4.40. The average molecular weight is 250 g/mol. The number of nitrogens with zero attached hydrogens (tertiary/aromatic N) is 1. The first-order valence-corrected chi connectivity index (χ1v) is 7.36. The largest absolute Gasteiger partial charge is 0.378 e. The Hall–Kier alpha value is -0.170. The fraction of sp³-hybridized carbons (Fsp3) is 1.00. The van der Waals surface area contributed by atoms with Crippen LogP contribution in [-0.4, -0.2) is 56.9 Å². The molecule has 0 radical (unpaired) electrons. The molecule has 1 N–H and O–H groups in total. The van der Waals surface area contributed by atoms with E-state index in [1.54, 1.807) is 4.31 Å². The quantitative estimate of drug-likeness (QED) is 0.748. The number of piperazine rings is 1. The van der Waals surface area contributed by atoms with Crippen molar-refractivity contribution >= 4 is 10.0 Å². The van der Waals surface area contributed by atoms with Crippen LogP contribution in [0, 0.1) is 0 Å². The minimum Gasteiger partial charge on any atom is -0.378 e. The lowest BCUT2D eigenvalue weighted by Crippen LogP contribution is -2.53. The number of sulfonamides is 1. The maximum absolute atomic E-state index is 12.0. The van der Waals surface area contributed by atoms with Gasteiger partial charge in [-0.15, -0.1) is 0 Å². The van der Waals surface area contributed by atoms with E-state index in [0.29, 0.717) is 6.54 Å². The molecule has 1 unspecified atom stereocenters. The lowest BCUT2D eigenvalue weighted by molar-refractivity contribution is 0.0904. The van der Waals surface area contributed by atoms with E-state index in [1.165, 1.54) is 0 Å². The summed E-state index contributed by atoms with van der Waals surface area (Å²) in [6, 6.07) is 0.0396. The Morgan fingerprint density at radius 3 is 2.75 bits per heavy atom. The first kappa shape index (κ1) is 13.9. The molecule has 5 nitrogen and oxygen atoms in total. The summed E-state index contributed by atoms with van der Waals surface area (Å²) in [4.78, 5) is 0. The maximum atomic E-state index is 12.0. The number of hydrogen-bond donors (Lipinski definition) is 1. The van der Waals surface area contributed by atoms with E-state index in [-0.39, 0.29) is 24.5 Å². The standard InChI is InChI=1S/C10H22N2O3S/c1-9(2)15-6-7-16(13,14)12-5-4-11-8-10(12)3/h9-11H,4-8H2,1-3H3. The monoisotopic (exact) mass is 250 g/mol. The highest BCUT2D eigenvalue weighted by Gasteiger charge is 2.28. The van der Waals surface area contributed by atoms with Crippen LogP contribution in [0.3, 0.4) is 0 Å². The molecule has 1 heterocycles. The van der Waals surface area contributed by atoms with Gasteiger partial charge in [0.15, 0.2) is 0 Å². The van der Waals surface area contributed by atoms with E-state index in [9.17, 15) is 8.42 Å². The van der Waals surface area contributed by atoms with Crippen LogP contribution in [-0.2, 0) is 14.8 Å². The zero-order chi connectivity index (χ0) is 12.2. The minimum atomic E-state index is -3.16. The number of ether oxygens (including phenoxy) is 1. The SMILES string of the molecule is CC(C)OCCS(=O)(=O)N1CCNCC1C. The van der Waals surface area contributed by atoms with Gasteiger partial charge in [-0.2, -0.15) is 4.31 Å². The van der Waals surface area contributed by atoms with E-state index in [2.05, 4.69) is 5.32 Å². The number of hydrogen-bond acceptors (Lipinski definition) is 4. The van der Waals surface area contributed by atoms with E-state index in [1.807, 2.05) is 20.8 Å². The van der Waals surface area contributed by atoms with Crippen molar-refractivity contribution in [2.45, 2.75) is 32.9 Å². The summed E-state index contributed by atoms with van der Waals surface area (Å²) < 4.78 is 30.9. The summed E-state index contributed by atoms with van der Waals surface area (Å²) in [5, 5.41) is 3.17. The van der Waals surface area contributed by atoms with Crippen LogP contribution in [0.2, 0.25) is 0 Å². The van der Waals surface area contributed by atoms with Crippen LogP contribution in [0.1, 0.15) is 20.8 Å². The Labute approximate surface area is 98.2 Å². The van der Waals surface area contributed by atoms with Crippen molar-refractivity contribution in [2.75, 3.05) is 32.0 Å². The van der Waals surface area contributed by atoms with Gasteiger partial charge in [-0.05, 0) is 20.8 Å². The Balaban J connectivity index is 2.48. The Bertz CT molecular complexity index is 303. The van der Waals surface area contributed by atoms with Gasteiger partial charge in [0, 0.05) is 25.7 Å². The highest BCUT2D eigenvalue weighted by atomic mass is 32.2. The molecule has 1 aliphatic heterocycles. The summed E-state index contributed by atoms with van der Waals surface area (Å²) in [7, 11) is -3.16. The molecule has 0 aliphatic carbocycles. The van der Waals surface area contributed by atoms with E-state index < -0.39 is 10.0 Å². The van der Waals surface area contributed by atoms with Crippen molar-refractivity contribution in [2.24, 2.45) is 0 Å². The molecule has 6 heteroatoms. The molecule has 1 rings (SSSR count). The van der Waals surface area contributed by atoms with Crippen molar-refractivity contribution in [3.8, 4) is 0 Å². The molecule has 0 aromatic carbocycles. The molecule has 0 aromatic heterocycles. The third-order valence-electron chi connectivity index (χ3n) is 2.59. The smallest absolute Gasteiger partial charge is 0.216 e. The third kappa shape index (κ3) is 4.01. The summed E-state index contributed by atoms with van der Waals surface area (Å²) in [5.41, 5.74) is 0. The highest BCUT2D eigenvalue weighted by molar-refractivity contribution is 7.89. The van der Waals surface area contributed by atoms with Crippen LogP contribution >= 0.6 is 0 Å². The Kier molecular flexibility index (Phi) is 5.17. The zero-order valence-electron chi connectivity index (χ0n) is 10.3. The molecule has 0 saturated carbocycles. The van der Waals surface area contributed by atoms with Gasteiger partial charge in [0.25, 0.3) is 0 Å². The van der Waals surface area contributed by atoms with Gasteiger partial charge in [0.1, 0.15) is 0 Å². The first-order chi connectivity index (χ1) is 7.43. The van der Waals surface area contributed by atoms with Crippen LogP contribution in [0.15, 0.2) is 0 Å². The van der Waals surface area contributed by atoms with Crippen LogP contribution < -0.4 is 5.32 Å². The van der Waals surface area contributed by atoms with E-state index in [4.69, 9.17) is 4.74 Å². The molecule has 1 aliphatic rings. The predicted molar refractivity (Wildman–Crippen MR) is 63.9 cm³/mol. The Morgan fingerprint density at radius 1 is 1.50 bits per heavy atom. The van der Waals surface area contributed by atoms with Gasteiger partial charge in [0.2, 0.25) is 10.0 Å². The fourth-order valence-electron chi connectivity index (χ4n) is 1.74. The zero-order valence-corrected chi connectivity index (χ0v) is 11.1. The van der Waals surface area contributed by atoms with Gasteiger partial charge in [-0.1, -0.05) is 0 Å². The normalized spacial score (nSPS) is 23.9. The van der Waals surface area contributed by atoms with Gasteiger partial charge in [0.05, 0.1) is 18.5 Å². The molecule has 1 atom stereocenters. The van der Waals surface area contributed by atoms with Crippen LogP contribution in [0.25, 0.3) is 0 Å². The van der Waals surface area contributed by atoms with E-state index in [0.717, 1.165) is 13.1 Å². The van der Waals surface area contributed by atoms with Crippen molar-refractivity contribution in [3.05, 3.63) is 0 Å². The molecule has 96 valence electrons. The van der Waals surface area contributed by atoms with Crippen molar-refractivity contribution in [3.63, 3.8) is 0 Å². The Morgan fingerprint density at radius 2 is 2.19 bits per heavy atom. The maximum Gasteiger partial charge on any atom is 0.216 e. The molecular formula is C10H22N2O3S. The number of rotatable bonds is 5. The van der Waals surface area contributed by atoms with Crippen molar-refractivity contribution in [1.82, 2.24) is 9.62 Å². The van der Waals surface area contributed by atoms with Gasteiger partial charge in [-0.3, -0.25) is 0 Å². The lowest BCUT2D eigenvalue weighted by atomic mass is 10.3. The molecule has 0 aromatic rings. The van der Waals surface area contributed by atoms with E-state index >= 15 is 0 Å². The van der Waals surface area contributed by atoms with Crippen molar-refractivity contribution < 1.29 is 13.2 Å². The minimum absolute atomic E-state index is 0.0396. The summed E-state index contributed by atoms with van der Waals surface area (Å²) in [6.45, 7) is 8.02. The fourth-order valence-corrected chi connectivity index (χ4v) is 3.28. The van der Waals surface area contributed by atoms with Crippen LogP contribution in [0.4, 0.5) is 0 Å². The van der Waals surface area contributed by atoms with Crippen LogP contribution in [0.5, 0.6) is 0 Å². The second-order valence-corrected chi connectivity index (χ2v) is 6.44. The predicted octanol–water partition coefficient (Wildman–Crippen LogP) is 0.0349. The number of nitrogens with one attached hydrogen (secondary N) is 1. The highest BCUT2D eigenvalue weighted by Crippen LogP contribution is 2.10. The molecule has 16 heavy (non-hydrogen) atoms. The molecule has 0 amide bonds. The topological polar surface area (TPSA) is 58.6 Å². The first-order valence-electron chi connectivity index (χ1n) is 5.75. The molecule has 1 fully saturated rings. The summed E-state index contributed by atoms with van der Waals surface area (Å²) >= 11 is 0. The summed E-state index contributed by atoms with van der Waals surface area (Å²) in [6.07, 6.45) is 0.0793. The molecule has 0 bridgehead atoms. The van der Waals surface area contributed by atoms with Gasteiger partial charge < -0.3 is 10.1 Å². The molecule has 0 spiro atoms. The van der Waals surface area contributed by atoms with Crippen molar-refractivity contribution in [1.29, 1.82) is 0 Å². The second kappa shape index (κ2) is 5.95. The lowest BCUT2D eigenvalue weighted by Gasteiger charge is -2.32. The molecule has 1 saturated heterocycles. The third-order valence-corrected chi connectivity index (χ3v) is 4.53. The van der Waals surface area contributed by atoms with Gasteiger partial charge >= 0.3 is 0 Å². The molecular weight excluding hydrogens is 228 g/mol. The average Bonchev–Trinajstić information content (AvgIpc) is 2.17.